The van der Waals surface area contributed by atoms with Crippen molar-refractivity contribution in [3.05, 3.63) is 41.5 Å². The van der Waals surface area contributed by atoms with Crippen LogP contribution in [0.15, 0.2) is 30.3 Å². The van der Waals surface area contributed by atoms with E-state index in [4.69, 9.17) is 5.26 Å². The maximum absolute atomic E-state index is 12.1. The fourth-order valence-corrected chi connectivity index (χ4v) is 2.40. The summed E-state index contributed by atoms with van der Waals surface area (Å²) in [6.07, 6.45) is 5.59. The highest BCUT2D eigenvalue weighted by Gasteiger charge is 2.18. The highest BCUT2D eigenvalue weighted by Crippen LogP contribution is 2.16. The Morgan fingerprint density at radius 1 is 1.47 bits per heavy atom. The second-order valence-corrected chi connectivity index (χ2v) is 5.06. The molecule has 1 amide bonds. The van der Waals surface area contributed by atoms with Crippen LogP contribution < -0.4 is 0 Å². The Kier molecular flexibility index (Phi) is 4.35. The molecule has 2 rings (SSSR count). The van der Waals surface area contributed by atoms with Crippen LogP contribution in [0, 0.1) is 17.2 Å². The van der Waals surface area contributed by atoms with Gasteiger partial charge in [-0.25, -0.2) is 0 Å². The summed E-state index contributed by atoms with van der Waals surface area (Å²) in [4.78, 5) is 14.0. The zero-order valence-electron chi connectivity index (χ0n) is 11.2. The van der Waals surface area contributed by atoms with Crippen LogP contribution in [0.2, 0.25) is 0 Å². The first-order valence-electron chi connectivity index (χ1n) is 6.67. The molecule has 0 spiro atoms. The van der Waals surface area contributed by atoms with Gasteiger partial charge in [-0.15, -0.1) is 0 Å². The van der Waals surface area contributed by atoms with Gasteiger partial charge in [0.1, 0.15) is 0 Å². The molecule has 98 valence electrons. The topological polar surface area (TPSA) is 44.1 Å². The maximum Gasteiger partial charge on any atom is 0.246 e. The third kappa shape index (κ3) is 3.45. The standard InChI is InChI=1S/C16H18N2O/c1-13-5-4-10-18(12-13)16(19)9-8-14-6-2-3-7-15(14)11-17/h2-3,6-9,13H,4-5,10,12H2,1H3/b9-8+. The van der Waals surface area contributed by atoms with E-state index in [1.807, 2.05) is 23.1 Å². The molecule has 0 radical (unpaired) electrons. The van der Waals surface area contributed by atoms with Crippen LogP contribution in [0.5, 0.6) is 0 Å². The number of hydrogen-bond acceptors (Lipinski definition) is 2. The van der Waals surface area contributed by atoms with E-state index < -0.39 is 0 Å². The van der Waals surface area contributed by atoms with Crippen molar-refractivity contribution in [3.8, 4) is 6.07 Å². The average molecular weight is 254 g/mol. The minimum Gasteiger partial charge on any atom is -0.339 e. The normalized spacial score (nSPS) is 19.4. The van der Waals surface area contributed by atoms with Gasteiger partial charge in [0.05, 0.1) is 11.6 Å². The van der Waals surface area contributed by atoms with Gasteiger partial charge in [-0.05, 0) is 36.5 Å². The number of hydrogen-bond donors (Lipinski definition) is 0. The fraction of sp³-hybridized carbons (Fsp3) is 0.375. The molecule has 3 nitrogen and oxygen atoms in total. The predicted octanol–water partition coefficient (Wildman–Crippen LogP) is 2.83. The van der Waals surface area contributed by atoms with Crippen LogP contribution in [0.4, 0.5) is 0 Å². The second kappa shape index (κ2) is 6.19. The van der Waals surface area contributed by atoms with E-state index in [1.165, 1.54) is 6.42 Å². The summed E-state index contributed by atoms with van der Waals surface area (Å²) >= 11 is 0. The molecule has 1 aromatic rings. The monoisotopic (exact) mass is 254 g/mol. The number of carbonyl (C=O) groups excluding carboxylic acids is 1. The molecule has 1 aliphatic rings. The summed E-state index contributed by atoms with van der Waals surface area (Å²) in [7, 11) is 0. The molecule has 1 unspecified atom stereocenters. The molecule has 0 aromatic heterocycles. The van der Waals surface area contributed by atoms with E-state index in [-0.39, 0.29) is 5.91 Å². The highest BCUT2D eigenvalue weighted by atomic mass is 16.2. The van der Waals surface area contributed by atoms with Crippen LogP contribution in [-0.2, 0) is 4.79 Å². The molecule has 3 heteroatoms. The van der Waals surface area contributed by atoms with E-state index >= 15 is 0 Å². The maximum atomic E-state index is 12.1. The Hall–Kier alpha value is -2.08. The molecule has 1 atom stereocenters. The number of likely N-dealkylation sites (tertiary alicyclic amines) is 1. The van der Waals surface area contributed by atoms with Gasteiger partial charge in [-0.1, -0.05) is 25.1 Å². The van der Waals surface area contributed by atoms with Gasteiger partial charge in [0.2, 0.25) is 5.91 Å². The first-order valence-corrected chi connectivity index (χ1v) is 6.67. The van der Waals surface area contributed by atoms with Gasteiger partial charge in [0.15, 0.2) is 0 Å². The molecular weight excluding hydrogens is 236 g/mol. The van der Waals surface area contributed by atoms with E-state index in [2.05, 4.69) is 13.0 Å². The van der Waals surface area contributed by atoms with Gasteiger partial charge in [-0.3, -0.25) is 4.79 Å². The molecule has 0 saturated carbocycles. The molecule has 1 heterocycles. The first kappa shape index (κ1) is 13.4. The largest absolute Gasteiger partial charge is 0.339 e. The van der Waals surface area contributed by atoms with E-state index in [0.717, 1.165) is 25.1 Å². The molecule has 0 bridgehead atoms. The minimum absolute atomic E-state index is 0.0410. The van der Waals surface area contributed by atoms with Gasteiger partial charge < -0.3 is 4.90 Å². The average Bonchev–Trinajstić information content (AvgIpc) is 2.45. The van der Waals surface area contributed by atoms with Crippen molar-refractivity contribution < 1.29 is 4.79 Å². The quantitative estimate of drug-likeness (QED) is 0.762. The minimum atomic E-state index is 0.0410. The van der Waals surface area contributed by atoms with Crippen LogP contribution in [-0.4, -0.2) is 23.9 Å². The molecular formula is C16H18N2O. The van der Waals surface area contributed by atoms with E-state index in [1.54, 1.807) is 18.2 Å². The number of piperidine rings is 1. The summed E-state index contributed by atoms with van der Waals surface area (Å²) in [5.41, 5.74) is 1.39. The fourth-order valence-electron chi connectivity index (χ4n) is 2.40. The van der Waals surface area contributed by atoms with Crippen molar-refractivity contribution >= 4 is 12.0 Å². The van der Waals surface area contributed by atoms with Gasteiger partial charge >= 0.3 is 0 Å². The SMILES string of the molecule is CC1CCCN(C(=O)/C=C/c2ccccc2C#N)C1. The Morgan fingerprint density at radius 3 is 3.00 bits per heavy atom. The number of nitrogens with zero attached hydrogens (tertiary/aromatic N) is 2. The summed E-state index contributed by atoms with van der Waals surface area (Å²) in [6, 6.07) is 9.43. The second-order valence-electron chi connectivity index (χ2n) is 5.06. The van der Waals surface area contributed by atoms with Crippen molar-refractivity contribution in [2.24, 2.45) is 5.92 Å². The lowest BCUT2D eigenvalue weighted by atomic mass is 10.0. The molecule has 1 aromatic carbocycles. The third-order valence-electron chi connectivity index (χ3n) is 3.46. The number of nitriles is 1. The number of carbonyl (C=O) groups is 1. The zero-order chi connectivity index (χ0) is 13.7. The van der Waals surface area contributed by atoms with Crippen molar-refractivity contribution in [1.29, 1.82) is 5.26 Å². The third-order valence-corrected chi connectivity index (χ3v) is 3.46. The molecule has 0 aliphatic carbocycles. The molecule has 1 fully saturated rings. The summed E-state index contributed by atoms with van der Waals surface area (Å²) < 4.78 is 0. The number of amides is 1. The van der Waals surface area contributed by atoms with Gasteiger partial charge in [0, 0.05) is 19.2 Å². The lowest BCUT2D eigenvalue weighted by Gasteiger charge is -2.30. The first-order chi connectivity index (χ1) is 9.20. The summed E-state index contributed by atoms with van der Waals surface area (Å²) in [5, 5.41) is 8.99. The molecule has 1 saturated heterocycles. The molecule has 0 N–H and O–H groups in total. The lowest BCUT2D eigenvalue weighted by Crippen LogP contribution is -2.38. The zero-order valence-corrected chi connectivity index (χ0v) is 11.2. The summed E-state index contributed by atoms with van der Waals surface area (Å²) in [6.45, 7) is 3.85. The Bertz CT molecular complexity index is 528. The van der Waals surface area contributed by atoms with Crippen molar-refractivity contribution in [2.75, 3.05) is 13.1 Å². The lowest BCUT2D eigenvalue weighted by molar-refractivity contribution is -0.127. The van der Waals surface area contributed by atoms with Crippen LogP contribution in [0.3, 0.4) is 0 Å². The van der Waals surface area contributed by atoms with Crippen LogP contribution >= 0.6 is 0 Å². The molecule has 19 heavy (non-hydrogen) atoms. The van der Waals surface area contributed by atoms with Crippen molar-refractivity contribution in [1.82, 2.24) is 4.90 Å². The van der Waals surface area contributed by atoms with Crippen LogP contribution in [0.1, 0.15) is 30.9 Å². The van der Waals surface area contributed by atoms with Crippen LogP contribution in [0.25, 0.3) is 6.08 Å². The smallest absolute Gasteiger partial charge is 0.246 e. The number of benzene rings is 1. The Balaban J connectivity index is 2.06. The van der Waals surface area contributed by atoms with Crippen molar-refractivity contribution in [2.45, 2.75) is 19.8 Å². The number of rotatable bonds is 2. The predicted molar refractivity (Wildman–Crippen MR) is 75.2 cm³/mol. The van der Waals surface area contributed by atoms with Gasteiger partial charge in [0.25, 0.3) is 0 Å². The summed E-state index contributed by atoms with van der Waals surface area (Å²) in [5.74, 6) is 0.622. The van der Waals surface area contributed by atoms with E-state index in [9.17, 15) is 4.79 Å². The van der Waals surface area contributed by atoms with E-state index in [0.29, 0.717) is 11.5 Å². The van der Waals surface area contributed by atoms with Crippen molar-refractivity contribution in [3.63, 3.8) is 0 Å². The Labute approximate surface area is 114 Å². The Morgan fingerprint density at radius 2 is 2.26 bits per heavy atom. The highest BCUT2D eigenvalue weighted by molar-refractivity contribution is 5.92. The van der Waals surface area contributed by atoms with Gasteiger partial charge in [-0.2, -0.15) is 5.26 Å². The molecule has 1 aliphatic heterocycles.